The predicted octanol–water partition coefficient (Wildman–Crippen LogP) is 3.22. The highest BCUT2D eigenvalue weighted by molar-refractivity contribution is 7.89. The lowest BCUT2D eigenvalue weighted by Gasteiger charge is -2.22. The van der Waals surface area contributed by atoms with Crippen LogP contribution in [-0.2, 0) is 14.8 Å². The van der Waals surface area contributed by atoms with Gasteiger partial charge in [-0.3, -0.25) is 9.59 Å². The van der Waals surface area contributed by atoms with E-state index in [1.165, 1.54) is 23.5 Å². The molecule has 0 saturated heterocycles. The molecule has 0 fully saturated rings. The van der Waals surface area contributed by atoms with E-state index in [1.54, 1.807) is 50.4 Å². The van der Waals surface area contributed by atoms with Crippen molar-refractivity contribution in [2.75, 3.05) is 5.32 Å². The second kappa shape index (κ2) is 9.06. The lowest BCUT2D eigenvalue weighted by Crippen LogP contribution is -2.47. The van der Waals surface area contributed by atoms with Crippen LogP contribution in [0.15, 0.2) is 46.7 Å². The summed E-state index contributed by atoms with van der Waals surface area (Å²) in [6.45, 7) is 8.90. The van der Waals surface area contributed by atoms with Crippen LogP contribution in [0.25, 0.3) is 0 Å². The third-order valence-corrected chi connectivity index (χ3v) is 6.46. The Hall–Kier alpha value is -2.23. The maximum atomic E-state index is 12.8. The molecule has 0 aliphatic heterocycles. The molecular formula is C20H27N3O4S2. The van der Waals surface area contributed by atoms with Crippen LogP contribution in [0.2, 0.25) is 0 Å². The molecule has 2 aromatic rings. The van der Waals surface area contributed by atoms with E-state index in [0.29, 0.717) is 10.6 Å². The first-order valence-corrected chi connectivity index (χ1v) is 11.5. The van der Waals surface area contributed by atoms with Crippen LogP contribution in [0.3, 0.4) is 0 Å². The number of anilines is 1. The number of rotatable bonds is 7. The summed E-state index contributed by atoms with van der Waals surface area (Å²) >= 11 is 1.29. The van der Waals surface area contributed by atoms with Crippen molar-refractivity contribution in [1.29, 1.82) is 0 Å². The van der Waals surface area contributed by atoms with E-state index in [4.69, 9.17) is 0 Å². The van der Waals surface area contributed by atoms with Crippen molar-refractivity contribution < 1.29 is 18.0 Å². The molecule has 3 N–H and O–H groups in total. The van der Waals surface area contributed by atoms with Crippen molar-refractivity contribution in [2.45, 2.75) is 51.1 Å². The molecule has 0 radical (unpaired) electrons. The van der Waals surface area contributed by atoms with Gasteiger partial charge in [-0.1, -0.05) is 26.0 Å². The molecule has 0 aliphatic carbocycles. The standard InChI is InChI=1S/C20H27N3O4S2/c1-13(2)17(22-18(24)16-10-7-11-28-16)19(25)21-14-8-6-9-15(12-14)29(26,27)23-20(3,4)5/h6-13,17,23H,1-5H3,(H,21,25)(H,22,24). The maximum Gasteiger partial charge on any atom is 0.262 e. The Morgan fingerprint density at radius 1 is 1.07 bits per heavy atom. The molecule has 2 rings (SSSR count). The second-order valence-electron chi connectivity index (χ2n) is 8.05. The van der Waals surface area contributed by atoms with Crippen molar-refractivity contribution in [3.05, 3.63) is 46.7 Å². The largest absolute Gasteiger partial charge is 0.339 e. The summed E-state index contributed by atoms with van der Waals surface area (Å²) in [6, 6.07) is 8.70. The first-order valence-electron chi connectivity index (χ1n) is 9.18. The quantitative estimate of drug-likeness (QED) is 0.619. The van der Waals surface area contributed by atoms with E-state index in [1.807, 2.05) is 13.8 Å². The summed E-state index contributed by atoms with van der Waals surface area (Å²) in [6.07, 6.45) is 0. The summed E-state index contributed by atoms with van der Waals surface area (Å²) in [5.74, 6) is -0.892. The number of thiophene rings is 1. The highest BCUT2D eigenvalue weighted by atomic mass is 32.2. The van der Waals surface area contributed by atoms with E-state index >= 15 is 0 Å². The molecule has 158 valence electrons. The third-order valence-electron chi connectivity index (χ3n) is 3.83. The fourth-order valence-electron chi connectivity index (χ4n) is 2.58. The Morgan fingerprint density at radius 3 is 2.31 bits per heavy atom. The second-order valence-corrected chi connectivity index (χ2v) is 10.7. The molecule has 9 heteroatoms. The number of sulfonamides is 1. The normalized spacial score (nSPS) is 13.2. The molecule has 29 heavy (non-hydrogen) atoms. The van der Waals surface area contributed by atoms with Gasteiger partial charge >= 0.3 is 0 Å². The van der Waals surface area contributed by atoms with Gasteiger partial charge in [0.2, 0.25) is 15.9 Å². The van der Waals surface area contributed by atoms with Crippen molar-refractivity contribution in [2.24, 2.45) is 5.92 Å². The average molecular weight is 438 g/mol. The highest BCUT2D eigenvalue weighted by Crippen LogP contribution is 2.18. The van der Waals surface area contributed by atoms with Crippen LogP contribution in [0, 0.1) is 5.92 Å². The van der Waals surface area contributed by atoms with Gasteiger partial charge < -0.3 is 10.6 Å². The smallest absolute Gasteiger partial charge is 0.262 e. The van der Waals surface area contributed by atoms with Gasteiger partial charge in [-0.25, -0.2) is 13.1 Å². The van der Waals surface area contributed by atoms with Crippen LogP contribution >= 0.6 is 11.3 Å². The minimum Gasteiger partial charge on any atom is -0.339 e. The van der Waals surface area contributed by atoms with Crippen LogP contribution in [0.1, 0.15) is 44.3 Å². The van der Waals surface area contributed by atoms with Gasteiger partial charge in [-0.15, -0.1) is 11.3 Å². The molecule has 0 spiro atoms. The summed E-state index contributed by atoms with van der Waals surface area (Å²) in [5, 5.41) is 7.24. The molecule has 0 bridgehead atoms. The maximum absolute atomic E-state index is 12.8. The van der Waals surface area contributed by atoms with Gasteiger partial charge in [0.1, 0.15) is 6.04 Å². The number of hydrogen-bond donors (Lipinski definition) is 3. The molecule has 1 atom stereocenters. The van der Waals surface area contributed by atoms with Crippen LogP contribution in [-0.4, -0.2) is 31.8 Å². The first-order chi connectivity index (χ1) is 13.4. The molecule has 2 amide bonds. The number of carbonyl (C=O) groups is 2. The number of hydrogen-bond acceptors (Lipinski definition) is 5. The van der Waals surface area contributed by atoms with E-state index < -0.39 is 27.5 Å². The topological polar surface area (TPSA) is 104 Å². The van der Waals surface area contributed by atoms with Gasteiger partial charge in [0, 0.05) is 11.2 Å². The Bertz CT molecular complexity index is 962. The molecular weight excluding hydrogens is 410 g/mol. The van der Waals surface area contributed by atoms with Gasteiger partial charge in [-0.05, 0) is 56.3 Å². The predicted molar refractivity (Wildman–Crippen MR) is 116 cm³/mol. The van der Waals surface area contributed by atoms with E-state index in [-0.39, 0.29) is 16.7 Å². The van der Waals surface area contributed by atoms with Crippen molar-refractivity contribution >= 4 is 38.9 Å². The van der Waals surface area contributed by atoms with E-state index in [2.05, 4.69) is 15.4 Å². The summed E-state index contributed by atoms with van der Waals surface area (Å²) in [7, 11) is -3.73. The average Bonchev–Trinajstić information content (AvgIpc) is 3.12. The molecule has 1 aromatic carbocycles. The highest BCUT2D eigenvalue weighted by Gasteiger charge is 2.26. The zero-order valence-electron chi connectivity index (χ0n) is 17.1. The Balaban J connectivity index is 2.17. The van der Waals surface area contributed by atoms with E-state index in [0.717, 1.165) is 0 Å². The fraction of sp³-hybridized carbons (Fsp3) is 0.400. The van der Waals surface area contributed by atoms with E-state index in [9.17, 15) is 18.0 Å². The number of benzene rings is 1. The lowest BCUT2D eigenvalue weighted by atomic mass is 10.0. The summed E-state index contributed by atoms with van der Waals surface area (Å²) < 4.78 is 27.6. The number of carbonyl (C=O) groups excluding carboxylic acids is 2. The zero-order valence-corrected chi connectivity index (χ0v) is 18.8. The SMILES string of the molecule is CC(C)C(NC(=O)c1cccs1)C(=O)Nc1cccc(S(=O)(=O)NC(C)(C)C)c1. The zero-order chi connectivity index (χ0) is 21.8. The first kappa shape index (κ1) is 23.1. The van der Waals surface area contributed by atoms with Crippen LogP contribution in [0.5, 0.6) is 0 Å². The molecule has 7 nitrogen and oxygen atoms in total. The van der Waals surface area contributed by atoms with Crippen LogP contribution < -0.4 is 15.4 Å². The number of nitrogens with one attached hydrogen (secondary N) is 3. The third kappa shape index (κ3) is 6.66. The molecule has 1 aromatic heterocycles. The molecule has 1 unspecified atom stereocenters. The molecule has 0 aliphatic rings. The Kier molecular flexibility index (Phi) is 7.20. The minimum atomic E-state index is -3.73. The Labute approximate surface area is 176 Å². The molecule has 0 saturated carbocycles. The van der Waals surface area contributed by atoms with Crippen molar-refractivity contribution in [3.8, 4) is 0 Å². The van der Waals surface area contributed by atoms with Gasteiger partial charge in [0.15, 0.2) is 0 Å². The van der Waals surface area contributed by atoms with Crippen molar-refractivity contribution in [1.82, 2.24) is 10.0 Å². The monoisotopic (exact) mass is 437 g/mol. The van der Waals surface area contributed by atoms with Gasteiger partial charge in [0.05, 0.1) is 9.77 Å². The minimum absolute atomic E-state index is 0.0499. The Morgan fingerprint density at radius 2 is 1.76 bits per heavy atom. The fourth-order valence-corrected chi connectivity index (χ4v) is 4.67. The van der Waals surface area contributed by atoms with Crippen LogP contribution in [0.4, 0.5) is 5.69 Å². The van der Waals surface area contributed by atoms with Gasteiger partial charge in [0.25, 0.3) is 5.91 Å². The molecule has 1 heterocycles. The number of amides is 2. The summed E-state index contributed by atoms with van der Waals surface area (Å²) in [4.78, 5) is 25.7. The van der Waals surface area contributed by atoms with Gasteiger partial charge in [-0.2, -0.15) is 0 Å². The summed E-state index contributed by atoms with van der Waals surface area (Å²) in [5.41, 5.74) is -0.296. The van der Waals surface area contributed by atoms with Crippen molar-refractivity contribution in [3.63, 3.8) is 0 Å². The lowest BCUT2D eigenvalue weighted by molar-refractivity contribution is -0.118.